The van der Waals surface area contributed by atoms with E-state index < -0.39 is 0 Å². The zero-order chi connectivity index (χ0) is 22.6. The Morgan fingerprint density at radius 2 is 1.62 bits per heavy atom. The highest BCUT2D eigenvalue weighted by molar-refractivity contribution is 5.91. The predicted molar refractivity (Wildman–Crippen MR) is 132 cm³/mol. The summed E-state index contributed by atoms with van der Waals surface area (Å²) in [6.45, 7) is 2.07. The van der Waals surface area contributed by atoms with E-state index in [9.17, 15) is 0 Å². The summed E-state index contributed by atoms with van der Waals surface area (Å²) >= 11 is 0. The quantitative estimate of drug-likeness (QED) is 0.306. The molecule has 0 saturated carbocycles. The standard InChI is InChI=1S/C29H20N4O/c1-18-11-13-21(14-12-18)27-31-28-25-24(20-8-3-2-4-9-20)23-16-15-19-7-5-6-10-22(19)26(23)34-29(25)30-17-33(28)32-27/h2-17,24H,1H3/t24-/m0/s1. The van der Waals surface area contributed by atoms with E-state index in [2.05, 4.69) is 84.7 Å². The fourth-order valence-electron chi connectivity index (χ4n) is 4.86. The summed E-state index contributed by atoms with van der Waals surface area (Å²) in [6, 6.07) is 31.4. The second-order valence-corrected chi connectivity index (χ2v) is 8.68. The maximum Gasteiger partial charge on any atom is 0.228 e. The van der Waals surface area contributed by atoms with Crippen LogP contribution in [0.15, 0.2) is 97.3 Å². The second-order valence-electron chi connectivity index (χ2n) is 8.68. The van der Waals surface area contributed by atoms with Crippen molar-refractivity contribution in [2.75, 3.05) is 0 Å². The molecule has 1 aliphatic heterocycles. The van der Waals surface area contributed by atoms with Crippen molar-refractivity contribution in [1.82, 2.24) is 19.6 Å². The molecule has 162 valence electrons. The Morgan fingerprint density at radius 3 is 2.47 bits per heavy atom. The minimum Gasteiger partial charge on any atom is -0.438 e. The number of hydrogen-bond acceptors (Lipinski definition) is 4. The average Bonchev–Trinajstić information content (AvgIpc) is 3.33. The minimum absolute atomic E-state index is 0.0733. The van der Waals surface area contributed by atoms with Gasteiger partial charge in [-0.25, -0.2) is 14.5 Å². The van der Waals surface area contributed by atoms with Crippen LogP contribution in [-0.2, 0) is 0 Å². The van der Waals surface area contributed by atoms with Gasteiger partial charge in [-0.3, -0.25) is 0 Å². The SMILES string of the molecule is Cc1ccc(-c2nc3c4c(ncn3n2)Oc2c(ccc3ccccc23)[C@@H]4c2ccccc2)cc1. The summed E-state index contributed by atoms with van der Waals surface area (Å²) in [5, 5.41) is 6.96. The van der Waals surface area contributed by atoms with Gasteiger partial charge in [-0.05, 0) is 17.9 Å². The van der Waals surface area contributed by atoms with E-state index in [-0.39, 0.29) is 5.92 Å². The fraction of sp³-hybridized carbons (Fsp3) is 0.0690. The molecule has 3 heterocycles. The van der Waals surface area contributed by atoms with Crippen molar-refractivity contribution < 1.29 is 4.74 Å². The third-order valence-electron chi connectivity index (χ3n) is 6.54. The van der Waals surface area contributed by atoms with Crippen LogP contribution < -0.4 is 4.74 Å². The molecule has 34 heavy (non-hydrogen) atoms. The van der Waals surface area contributed by atoms with Crippen LogP contribution in [0.2, 0.25) is 0 Å². The average molecular weight is 441 g/mol. The monoisotopic (exact) mass is 440 g/mol. The largest absolute Gasteiger partial charge is 0.438 e. The molecular weight excluding hydrogens is 420 g/mol. The van der Waals surface area contributed by atoms with E-state index in [0.29, 0.717) is 11.7 Å². The van der Waals surface area contributed by atoms with Gasteiger partial charge in [0.2, 0.25) is 5.88 Å². The van der Waals surface area contributed by atoms with Crippen molar-refractivity contribution in [3.8, 4) is 23.0 Å². The minimum atomic E-state index is -0.0733. The van der Waals surface area contributed by atoms with Gasteiger partial charge < -0.3 is 4.74 Å². The van der Waals surface area contributed by atoms with Gasteiger partial charge in [0.25, 0.3) is 0 Å². The van der Waals surface area contributed by atoms with Gasteiger partial charge in [0, 0.05) is 22.4 Å². The predicted octanol–water partition coefficient (Wildman–Crippen LogP) is 6.54. The molecule has 0 bridgehead atoms. The summed E-state index contributed by atoms with van der Waals surface area (Å²) < 4.78 is 8.25. The van der Waals surface area contributed by atoms with E-state index >= 15 is 0 Å². The molecule has 4 aromatic carbocycles. The first-order valence-electron chi connectivity index (χ1n) is 11.3. The van der Waals surface area contributed by atoms with E-state index in [1.165, 1.54) is 11.1 Å². The molecule has 7 rings (SSSR count). The summed E-state index contributed by atoms with van der Waals surface area (Å²) in [4.78, 5) is 9.66. The van der Waals surface area contributed by atoms with Crippen molar-refractivity contribution in [2.24, 2.45) is 0 Å². The van der Waals surface area contributed by atoms with Crippen molar-refractivity contribution in [3.63, 3.8) is 0 Å². The third-order valence-corrected chi connectivity index (χ3v) is 6.54. The number of nitrogens with zero attached hydrogens (tertiary/aromatic N) is 4. The first kappa shape index (κ1) is 19.0. The zero-order valence-electron chi connectivity index (χ0n) is 18.5. The number of fused-ring (bicyclic) bond motifs is 6. The van der Waals surface area contributed by atoms with Crippen LogP contribution in [0.4, 0.5) is 0 Å². The summed E-state index contributed by atoms with van der Waals surface area (Å²) in [5.74, 6) is 2.03. The molecule has 0 fully saturated rings. The lowest BCUT2D eigenvalue weighted by Crippen LogP contribution is -2.15. The molecule has 2 aromatic heterocycles. The van der Waals surface area contributed by atoms with E-state index in [4.69, 9.17) is 14.8 Å². The van der Waals surface area contributed by atoms with Crippen LogP contribution in [0.1, 0.15) is 28.2 Å². The molecule has 5 heteroatoms. The van der Waals surface area contributed by atoms with Crippen LogP contribution in [0, 0.1) is 6.92 Å². The second kappa shape index (κ2) is 7.25. The van der Waals surface area contributed by atoms with Gasteiger partial charge in [-0.15, -0.1) is 5.10 Å². The number of benzene rings is 4. The highest BCUT2D eigenvalue weighted by atomic mass is 16.5. The fourth-order valence-corrected chi connectivity index (χ4v) is 4.86. The van der Waals surface area contributed by atoms with Gasteiger partial charge in [0.05, 0.1) is 5.56 Å². The first-order chi connectivity index (χ1) is 16.8. The van der Waals surface area contributed by atoms with Crippen molar-refractivity contribution >= 4 is 16.4 Å². The maximum atomic E-state index is 6.49. The van der Waals surface area contributed by atoms with Crippen molar-refractivity contribution in [2.45, 2.75) is 12.8 Å². The number of aromatic nitrogens is 4. The Labute approximate surface area is 196 Å². The Bertz CT molecular complexity index is 1690. The van der Waals surface area contributed by atoms with E-state index in [1.54, 1.807) is 10.8 Å². The van der Waals surface area contributed by atoms with E-state index in [0.717, 1.165) is 38.9 Å². The molecule has 0 saturated heterocycles. The number of ether oxygens (including phenoxy) is 1. The number of rotatable bonds is 2. The maximum absolute atomic E-state index is 6.49. The summed E-state index contributed by atoms with van der Waals surface area (Å²) in [6.07, 6.45) is 1.69. The molecule has 6 aromatic rings. The lowest BCUT2D eigenvalue weighted by molar-refractivity contribution is 0.437. The van der Waals surface area contributed by atoms with Gasteiger partial charge in [0.15, 0.2) is 11.5 Å². The molecular formula is C29H20N4O. The Morgan fingerprint density at radius 1 is 0.824 bits per heavy atom. The summed E-state index contributed by atoms with van der Waals surface area (Å²) in [5.41, 5.74) is 6.14. The van der Waals surface area contributed by atoms with Crippen LogP contribution in [0.5, 0.6) is 11.6 Å². The van der Waals surface area contributed by atoms with Crippen LogP contribution in [0.25, 0.3) is 27.8 Å². The Kier molecular flexibility index (Phi) is 4.05. The van der Waals surface area contributed by atoms with Crippen LogP contribution in [0.3, 0.4) is 0 Å². The molecule has 1 aliphatic rings. The highest BCUT2D eigenvalue weighted by Crippen LogP contribution is 2.50. The first-order valence-corrected chi connectivity index (χ1v) is 11.3. The van der Waals surface area contributed by atoms with Gasteiger partial charge in [-0.1, -0.05) is 96.6 Å². The molecule has 0 amide bonds. The Hall–Kier alpha value is -4.51. The van der Waals surface area contributed by atoms with Crippen molar-refractivity contribution in [1.29, 1.82) is 0 Å². The highest BCUT2D eigenvalue weighted by Gasteiger charge is 2.34. The molecule has 1 atom stereocenters. The molecule has 0 aliphatic carbocycles. The molecule has 0 spiro atoms. The van der Waals surface area contributed by atoms with Crippen molar-refractivity contribution in [3.05, 3.63) is 120 Å². The third kappa shape index (κ3) is 2.83. The lowest BCUT2D eigenvalue weighted by atomic mass is 9.83. The molecule has 5 nitrogen and oxygen atoms in total. The molecule has 0 unspecified atom stereocenters. The number of aryl methyl sites for hydroxylation is 1. The summed E-state index contributed by atoms with van der Waals surface area (Å²) in [7, 11) is 0. The van der Waals surface area contributed by atoms with Crippen LogP contribution in [-0.4, -0.2) is 19.6 Å². The molecule has 0 N–H and O–H groups in total. The zero-order valence-corrected chi connectivity index (χ0v) is 18.5. The van der Waals surface area contributed by atoms with Gasteiger partial charge in [0.1, 0.15) is 12.1 Å². The Balaban J connectivity index is 1.51. The number of hydrogen-bond donors (Lipinski definition) is 0. The van der Waals surface area contributed by atoms with E-state index in [1.807, 2.05) is 18.2 Å². The van der Waals surface area contributed by atoms with Gasteiger partial charge in [-0.2, -0.15) is 0 Å². The molecule has 0 radical (unpaired) electrons. The van der Waals surface area contributed by atoms with Gasteiger partial charge >= 0.3 is 0 Å². The smallest absolute Gasteiger partial charge is 0.228 e. The lowest BCUT2D eigenvalue weighted by Gasteiger charge is -2.28. The normalized spacial score (nSPS) is 14.6. The van der Waals surface area contributed by atoms with Crippen LogP contribution >= 0.6 is 0 Å². The topological polar surface area (TPSA) is 52.3 Å².